The highest BCUT2D eigenvalue weighted by molar-refractivity contribution is 4.81. The number of ether oxygens (including phenoxy) is 2. The third-order valence-electron chi connectivity index (χ3n) is 3.32. The van der Waals surface area contributed by atoms with Crippen molar-refractivity contribution >= 4 is 0 Å². The van der Waals surface area contributed by atoms with Crippen LogP contribution in [0.1, 0.15) is 39.0 Å². The molecule has 0 aromatic heterocycles. The van der Waals surface area contributed by atoms with Gasteiger partial charge < -0.3 is 9.47 Å². The maximum atomic E-state index is 5.64. The number of hydrogen-bond acceptors (Lipinski definition) is 2. The predicted molar refractivity (Wildman–Crippen MR) is 51.4 cm³/mol. The molecule has 0 aromatic rings. The fraction of sp³-hybridized carbons (Fsp3) is 1.00. The van der Waals surface area contributed by atoms with Crippen LogP contribution in [0.5, 0.6) is 0 Å². The SMILES string of the molecule is CCCC[C@@H]1CO[C@@H]2OCCC[C@@H]12. The van der Waals surface area contributed by atoms with Crippen LogP contribution in [0.15, 0.2) is 0 Å². The Bertz CT molecular complexity index is 158. The molecule has 2 aliphatic heterocycles. The van der Waals surface area contributed by atoms with E-state index in [0.29, 0.717) is 5.92 Å². The molecular weight excluding hydrogens is 164 g/mol. The summed E-state index contributed by atoms with van der Waals surface area (Å²) in [6.07, 6.45) is 6.68. The van der Waals surface area contributed by atoms with Crippen LogP contribution in [-0.4, -0.2) is 19.5 Å². The van der Waals surface area contributed by atoms with Crippen LogP contribution in [0.25, 0.3) is 0 Å². The summed E-state index contributed by atoms with van der Waals surface area (Å²) in [6, 6.07) is 0. The molecule has 0 aliphatic carbocycles. The van der Waals surface area contributed by atoms with E-state index in [-0.39, 0.29) is 6.29 Å². The first-order chi connectivity index (χ1) is 6.42. The van der Waals surface area contributed by atoms with Gasteiger partial charge in [-0.1, -0.05) is 19.8 Å². The molecule has 0 radical (unpaired) electrons. The van der Waals surface area contributed by atoms with Gasteiger partial charge in [0.15, 0.2) is 6.29 Å². The van der Waals surface area contributed by atoms with Crippen LogP contribution < -0.4 is 0 Å². The van der Waals surface area contributed by atoms with Gasteiger partial charge in [0.25, 0.3) is 0 Å². The van der Waals surface area contributed by atoms with Gasteiger partial charge in [0.2, 0.25) is 0 Å². The lowest BCUT2D eigenvalue weighted by Crippen LogP contribution is -2.28. The van der Waals surface area contributed by atoms with Gasteiger partial charge >= 0.3 is 0 Å². The Kier molecular flexibility index (Phi) is 3.23. The molecule has 0 bridgehead atoms. The zero-order valence-electron chi connectivity index (χ0n) is 8.50. The molecule has 2 saturated heterocycles. The molecule has 2 aliphatic rings. The fourth-order valence-electron chi connectivity index (χ4n) is 2.51. The van der Waals surface area contributed by atoms with Gasteiger partial charge in [-0.3, -0.25) is 0 Å². The first kappa shape index (κ1) is 9.47. The second-order valence-electron chi connectivity index (χ2n) is 4.28. The summed E-state index contributed by atoms with van der Waals surface area (Å²) in [7, 11) is 0. The Morgan fingerprint density at radius 2 is 2.23 bits per heavy atom. The van der Waals surface area contributed by atoms with Gasteiger partial charge in [-0.25, -0.2) is 0 Å². The van der Waals surface area contributed by atoms with Crippen LogP contribution in [0.2, 0.25) is 0 Å². The summed E-state index contributed by atoms with van der Waals surface area (Å²) in [6.45, 7) is 4.10. The zero-order valence-corrected chi connectivity index (χ0v) is 8.50. The fourth-order valence-corrected chi connectivity index (χ4v) is 2.51. The van der Waals surface area contributed by atoms with Crippen LogP contribution in [0.3, 0.4) is 0 Å². The van der Waals surface area contributed by atoms with Gasteiger partial charge in [0.1, 0.15) is 0 Å². The molecular formula is C11H20O2. The smallest absolute Gasteiger partial charge is 0.160 e. The lowest BCUT2D eigenvalue weighted by atomic mass is 9.86. The van der Waals surface area contributed by atoms with E-state index in [1.165, 1.54) is 32.1 Å². The van der Waals surface area contributed by atoms with Crippen LogP contribution in [0.4, 0.5) is 0 Å². The molecule has 2 nitrogen and oxygen atoms in total. The Hall–Kier alpha value is -0.0800. The van der Waals surface area contributed by atoms with Gasteiger partial charge in [-0.2, -0.15) is 0 Å². The molecule has 2 heterocycles. The third kappa shape index (κ3) is 2.05. The van der Waals surface area contributed by atoms with Crippen molar-refractivity contribution in [3.8, 4) is 0 Å². The minimum absolute atomic E-state index is 0.149. The maximum Gasteiger partial charge on any atom is 0.160 e. The summed E-state index contributed by atoms with van der Waals surface area (Å²) in [5.74, 6) is 1.49. The van der Waals surface area contributed by atoms with Crippen molar-refractivity contribution in [2.45, 2.75) is 45.3 Å². The van der Waals surface area contributed by atoms with E-state index in [9.17, 15) is 0 Å². The highest BCUT2D eigenvalue weighted by Crippen LogP contribution is 2.37. The van der Waals surface area contributed by atoms with E-state index in [1.807, 2.05) is 0 Å². The highest BCUT2D eigenvalue weighted by atomic mass is 16.7. The van der Waals surface area contributed by atoms with Crippen LogP contribution >= 0.6 is 0 Å². The summed E-state index contributed by atoms with van der Waals surface area (Å²) in [5.41, 5.74) is 0. The Balaban J connectivity index is 1.84. The van der Waals surface area contributed by atoms with E-state index in [1.54, 1.807) is 0 Å². The standard InChI is InChI=1S/C11H20O2/c1-2-3-5-9-8-13-11-10(9)6-4-7-12-11/h9-11H,2-8H2,1H3/t9-,10+,11+/m1/s1. The average Bonchev–Trinajstić information content (AvgIpc) is 2.58. The van der Waals surface area contributed by atoms with E-state index in [4.69, 9.17) is 9.47 Å². The molecule has 2 rings (SSSR count). The number of fused-ring (bicyclic) bond motifs is 1. The van der Waals surface area contributed by atoms with E-state index in [0.717, 1.165) is 19.1 Å². The van der Waals surface area contributed by atoms with Gasteiger partial charge in [-0.05, 0) is 25.2 Å². The maximum absolute atomic E-state index is 5.64. The molecule has 76 valence electrons. The van der Waals surface area contributed by atoms with Crippen molar-refractivity contribution in [2.24, 2.45) is 11.8 Å². The summed E-state index contributed by atoms with van der Waals surface area (Å²) < 4.78 is 11.2. The molecule has 0 spiro atoms. The molecule has 0 aromatic carbocycles. The molecule has 0 unspecified atom stereocenters. The lowest BCUT2D eigenvalue weighted by molar-refractivity contribution is -0.151. The minimum atomic E-state index is 0.149. The number of hydrogen-bond donors (Lipinski definition) is 0. The molecule has 3 atom stereocenters. The monoisotopic (exact) mass is 184 g/mol. The Labute approximate surface area is 80.6 Å². The molecule has 2 fully saturated rings. The average molecular weight is 184 g/mol. The van der Waals surface area contributed by atoms with Crippen LogP contribution in [0, 0.1) is 11.8 Å². The highest BCUT2D eigenvalue weighted by Gasteiger charge is 2.38. The molecule has 0 saturated carbocycles. The van der Waals surface area contributed by atoms with Crippen molar-refractivity contribution < 1.29 is 9.47 Å². The molecule has 0 N–H and O–H groups in total. The van der Waals surface area contributed by atoms with Crippen LogP contribution in [-0.2, 0) is 9.47 Å². The second kappa shape index (κ2) is 4.43. The first-order valence-electron chi connectivity index (χ1n) is 5.65. The van der Waals surface area contributed by atoms with E-state index < -0.39 is 0 Å². The largest absolute Gasteiger partial charge is 0.352 e. The van der Waals surface area contributed by atoms with Gasteiger partial charge in [-0.15, -0.1) is 0 Å². The second-order valence-corrected chi connectivity index (χ2v) is 4.28. The Morgan fingerprint density at radius 3 is 3.08 bits per heavy atom. The number of rotatable bonds is 3. The van der Waals surface area contributed by atoms with Crippen molar-refractivity contribution in [1.29, 1.82) is 0 Å². The van der Waals surface area contributed by atoms with Crippen molar-refractivity contribution in [3.63, 3.8) is 0 Å². The third-order valence-corrected chi connectivity index (χ3v) is 3.32. The lowest BCUT2D eigenvalue weighted by Gasteiger charge is -2.27. The first-order valence-corrected chi connectivity index (χ1v) is 5.65. The molecule has 0 amide bonds. The summed E-state index contributed by atoms with van der Waals surface area (Å²) in [4.78, 5) is 0. The summed E-state index contributed by atoms with van der Waals surface area (Å²) >= 11 is 0. The van der Waals surface area contributed by atoms with E-state index in [2.05, 4.69) is 6.92 Å². The quantitative estimate of drug-likeness (QED) is 0.671. The topological polar surface area (TPSA) is 18.5 Å². The van der Waals surface area contributed by atoms with Gasteiger partial charge in [0.05, 0.1) is 6.61 Å². The number of unbranched alkanes of at least 4 members (excludes halogenated alkanes) is 1. The molecule has 2 heteroatoms. The minimum Gasteiger partial charge on any atom is -0.352 e. The molecule has 13 heavy (non-hydrogen) atoms. The van der Waals surface area contributed by atoms with Crippen molar-refractivity contribution in [1.82, 2.24) is 0 Å². The predicted octanol–water partition coefficient (Wildman–Crippen LogP) is 2.58. The van der Waals surface area contributed by atoms with Crippen molar-refractivity contribution in [3.05, 3.63) is 0 Å². The van der Waals surface area contributed by atoms with E-state index >= 15 is 0 Å². The Morgan fingerprint density at radius 1 is 1.31 bits per heavy atom. The van der Waals surface area contributed by atoms with Gasteiger partial charge in [0, 0.05) is 12.5 Å². The summed E-state index contributed by atoms with van der Waals surface area (Å²) in [5, 5.41) is 0. The zero-order chi connectivity index (χ0) is 9.10. The van der Waals surface area contributed by atoms with Crippen molar-refractivity contribution in [2.75, 3.05) is 13.2 Å². The normalized spacial score (nSPS) is 39.0.